The number of nitrogens with one attached hydrogen (secondary N) is 1. The Morgan fingerprint density at radius 2 is 2.00 bits per heavy atom. The van der Waals surface area contributed by atoms with Crippen molar-refractivity contribution >= 4 is 34.7 Å². The molecule has 4 aromatic heterocycles. The lowest BCUT2D eigenvalue weighted by Gasteiger charge is -2.18. The highest BCUT2D eigenvalue weighted by atomic mass is 35.5. The predicted octanol–water partition coefficient (Wildman–Crippen LogP) is 5.17. The Balaban J connectivity index is 1.64. The molecule has 0 aliphatic carbocycles. The third-order valence-electron chi connectivity index (χ3n) is 4.98. The normalized spacial score (nSPS) is 11.5. The van der Waals surface area contributed by atoms with Crippen molar-refractivity contribution in [3.8, 4) is 11.3 Å². The lowest BCUT2D eigenvalue weighted by atomic mass is 9.96. The number of aromatic nitrogens is 4. The zero-order chi connectivity index (χ0) is 23.6. The molecule has 0 aromatic carbocycles. The van der Waals surface area contributed by atoms with Crippen molar-refractivity contribution in [2.24, 2.45) is 5.41 Å². The number of hydrogen-bond donors (Lipinski definition) is 1. The molecule has 4 aromatic rings. The molecule has 4 heterocycles. The van der Waals surface area contributed by atoms with Crippen LogP contribution in [0.15, 0.2) is 65.8 Å². The Kier molecular flexibility index (Phi) is 6.49. The molecule has 0 aliphatic heterocycles. The van der Waals surface area contributed by atoms with E-state index in [2.05, 4.69) is 15.4 Å². The van der Waals surface area contributed by atoms with Crippen LogP contribution in [0.1, 0.15) is 36.0 Å². The van der Waals surface area contributed by atoms with E-state index in [1.54, 1.807) is 29.2 Å². The lowest BCUT2D eigenvalue weighted by Crippen LogP contribution is -2.28. The first-order valence-corrected chi connectivity index (χ1v) is 11.6. The summed E-state index contributed by atoms with van der Waals surface area (Å²) in [6, 6.07) is 12.7. The largest absolute Gasteiger partial charge is 0.365 e. The van der Waals surface area contributed by atoms with Gasteiger partial charge >= 0.3 is 0 Å². The van der Waals surface area contributed by atoms with Crippen LogP contribution in [0, 0.1) is 5.41 Å². The Morgan fingerprint density at radius 3 is 2.64 bits per heavy atom. The Bertz CT molecular complexity index is 1330. The first-order chi connectivity index (χ1) is 15.7. The van der Waals surface area contributed by atoms with E-state index in [9.17, 15) is 9.59 Å². The summed E-state index contributed by atoms with van der Waals surface area (Å²) in [7, 11) is 0. The van der Waals surface area contributed by atoms with E-state index >= 15 is 0 Å². The van der Waals surface area contributed by atoms with E-state index in [4.69, 9.17) is 11.6 Å². The van der Waals surface area contributed by atoms with Gasteiger partial charge in [-0.1, -0.05) is 38.4 Å². The summed E-state index contributed by atoms with van der Waals surface area (Å²) >= 11 is 7.50. The molecule has 0 bridgehead atoms. The molecule has 0 atom stereocenters. The van der Waals surface area contributed by atoms with Gasteiger partial charge in [0.1, 0.15) is 5.82 Å². The zero-order valence-corrected chi connectivity index (χ0v) is 20.2. The van der Waals surface area contributed by atoms with Crippen LogP contribution in [0.4, 0.5) is 5.82 Å². The third-order valence-corrected chi connectivity index (χ3v) is 6.21. The molecule has 0 amide bonds. The van der Waals surface area contributed by atoms with Crippen molar-refractivity contribution in [2.75, 3.05) is 5.32 Å². The maximum atomic E-state index is 13.0. The number of nitrogens with zero attached hydrogens (tertiary/aromatic N) is 4. The minimum atomic E-state index is -0.626. The number of hydrogen-bond acceptors (Lipinski definition) is 6. The number of halogens is 1. The van der Waals surface area contributed by atoms with Crippen LogP contribution in [-0.4, -0.2) is 25.2 Å². The molecular formula is C24H24ClN5O2S. The molecule has 7 nitrogen and oxygen atoms in total. The maximum Gasteiger partial charge on any atom is 0.254 e. The van der Waals surface area contributed by atoms with Gasteiger partial charge in [-0.2, -0.15) is 9.78 Å². The summed E-state index contributed by atoms with van der Waals surface area (Å²) < 4.78 is 3.70. The third kappa shape index (κ3) is 5.40. The average molecular weight is 482 g/mol. The van der Waals surface area contributed by atoms with Crippen LogP contribution in [0.25, 0.3) is 11.3 Å². The van der Waals surface area contributed by atoms with Crippen LogP contribution >= 0.6 is 22.9 Å². The van der Waals surface area contributed by atoms with Gasteiger partial charge in [-0.15, -0.1) is 11.3 Å². The molecule has 0 unspecified atom stereocenters. The fourth-order valence-corrected chi connectivity index (χ4v) is 4.26. The lowest BCUT2D eigenvalue weighted by molar-refractivity contribution is 0.0752. The summed E-state index contributed by atoms with van der Waals surface area (Å²) in [5.41, 5.74) is 1.34. The summed E-state index contributed by atoms with van der Waals surface area (Å²) in [6.45, 7) is 6.48. The molecule has 0 radical (unpaired) electrons. The van der Waals surface area contributed by atoms with Crippen LogP contribution in [0.3, 0.4) is 0 Å². The molecule has 0 saturated heterocycles. The fraction of sp³-hybridized carbons (Fsp3) is 0.250. The molecule has 0 aliphatic rings. The average Bonchev–Trinajstić information content (AvgIpc) is 3.39. The summed E-state index contributed by atoms with van der Waals surface area (Å²) in [5.74, 6) is 0.416. The van der Waals surface area contributed by atoms with Gasteiger partial charge in [-0.05, 0) is 29.8 Å². The van der Waals surface area contributed by atoms with Crippen LogP contribution in [-0.2, 0) is 13.1 Å². The first kappa shape index (κ1) is 22.9. The first-order valence-electron chi connectivity index (χ1n) is 10.4. The van der Waals surface area contributed by atoms with Crippen molar-refractivity contribution < 1.29 is 4.79 Å². The van der Waals surface area contributed by atoms with E-state index < -0.39 is 5.41 Å². The van der Waals surface area contributed by atoms with Gasteiger partial charge in [-0.25, -0.2) is 0 Å². The number of thiophene rings is 1. The predicted molar refractivity (Wildman–Crippen MR) is 132 cm³/mol. The molecule has 4 rings (SSSR count). The molecule has 1 N–H and O–H groups in total. The van der Waals surface area contributed by atoms with Crippen molar-refractivity contribution in [3.05, 3.63) is 86.2 Å². The Hall–Kier alpha value is -3.23. The maximum absolute atomic E-state index is 13.0. The quantitative estimate of drug-likeness (QED) is 0.411. The van der Waals surface area contributed by atoms with E-state index in [1.165, 1.54) is 22.1 Å². The smallest absolute Gasteiger partial charge is 0.254 e. The van der Waals surface area contributed by atoms with Crippen molar-refractivity contribution in [1.82, 2.24) is 19.3 Å². The van der Waals surface area contributed by atoms with Gasteiger partial charge in [0.15, 0.2) is 0 Å². The number of anilines is 1. The molecule has 33 heavy (non-hydrogen) atoms. The van der Waals surface area contributed by atoms with Gasteiger partial charge in [0, 0.05) is 46.6 Å². The summed E-state index contributed by atoms with van der Waals surface area (Å²) in [6.07, 6.45) is 5.16. The molecule has 9 heteroatoms. The molecule has 0 fully saturated rings. The van der Waals surface area contributed by atoms with E-state index in [-0.39, 0.29) is 11.5 Å². The highest BCUT2D eigenvalue weighted by Crippen LogP contribution is 2.27. The Morgan fingerprint density at radius 1 is 1.18 bits per heavy atom. The van der Waals surface area contributed by atoms with Crippen molar-refractivity contribution in [3.63, 3.8) is 0 Å². The molecule has 0 saturated carbocycles. The van der Waals surface area contributed by atoms with Gasteiger partial charge in [-0.3, -0.25) is 14.6 Å². The SMILES string of the molecule is CC(C)(C)C(=O)n1nc(-c2ccn(Cc3cccnc3)c(=O)c2)cc1NCc1ccc(Cl)s1. The highest BCUT2D eigenvalue weighted by molar-refractivity contribution is 7.16. The minimum absolute atomic E-state index is 0.148. The second-order valence-electron chi connectivity index (χ2n) is 8.68. The van der Waals surface area contributed by atoms with Crippen LogP contribution in [0.5, 0.6) is 0 Å². The monoisotopic (exact) mass is 481 g/mol. The zero-order valence-electron chi connectivity index (χ0n) is 18.6. The van der Waals surface area contributed by atoms with Gasteiger partial charge < -0.3 is 9.88 Å². The number of pyridine rings is 2. The molecular weight excluding hydrogens is 458 g/mol. The van der Waals surface area contributed by atoms with E-state index in [0.29, 0.717) is 34.5 Å². The summed E-state index contributed by atoms with van der Waals surface area (Å²) in [5, 5.41) is 7.83. The van der Waals surface area contributed by atoms with Gasteiger partial charge in [0.2, 0.25) is 0 Å². The van der Waals surface area contributed by atoms with Gasteiger partial charge in [0.25, 0.3) is 11.5 Å². The number of rotatable bonds is 6. The van der Waals surface area contributed by atoms with E-state index in [1.807, 2.05) is 51.1 Å². The second kappa shape index (κ2) is 9.33. The van der Waals surface area contributed by atoms with Crippen LogP contribution in [0.2, 0.25) is 4.34 Å². The Labute approximate surface area is 200 Å². The highest BCUT2D eigenvalue weighted by Gasteiger charge is 2.27. The van der Waals surface area contributed by atoms with Crippen molar-refractivity contribution in [1.29, 1.82) is 0 Å². The topological polar surface area (TPSA) is 81.8 Å². The standard InChI is InChI=1S/C24H24ClN5O2S/c1-24(2,3)23(32)30-21(27-14-18-6-7-20(25)33-18)12-19(28-30)17-8-10-29(22(31)11-17)15-16-5-4-9-26-13-16/h4-13,27H,14-15H2,1-3H3. The number of carbonyl (C=O) groups excluding carboxylic acids is 1. The van der Waals surface area contributed by atoms with Crippen molar-refractivity contribution in [2.45, 2.75) is 33.9 Å². The number of carbonyl (C=O) groups is 1. The summed E-state index contributed by atoms with van der Waals surface area (Å²) in [4.78, 5) is 30.9. The van der Waals surface area contributed by atoms with E-state index in [0.717, 1.165) is 10.4 Å². The van der Waals surface area contributed by atoms with Gasteiger partial charge in [0.05, 0.1) is 23.1 Å². The second-order valence-corrected chi connectivity index (χ2v) is 10.5. The fourth-order valence-electron chi connectivity index (χ4n) is 3.23. The van der Waals surface area contributed by atoms with Crippen LogP contribution < -0.4 is 10.9 Å². The molecule has 0 spiro atoms. The molecule has 170 valence electrons. The minimum Gasteiger partial charge on any atom is -0.365 e.